The van der Waals surface area contributed by atoms with E-state index >= 15 is 0 Å². The number of aromatic nitrogens is 1. The average Bonchev–Trinajstić information content (AvgIpc) is 2.49. The first kappa shape index (κ1) is 9.46. The summed E-state index contributed by atoms with van der Waals surface area (Å²) in [6.45, 7) is 3.06. The normalized spacial score (nSPS) is 22.9. The van der Waals surface area contributed by atoms with Crippen molar-refractivity contribution in [2.45, 2.75) is 25.8 Å². The summed E-state index contributed by atoms with van der Waals surface area (Å²) in [5, 5.41) is 0. The van der Waals surface area contributed by atoms with Gasteiger partial charge in [0.15, 0.2) is 5.43 Å². The third-order valence-electron chi connectivity index (χ3n) is 2.88. The molecule has 1 N–H and O–H groups in total. The summed E-state index contributed by atoms with van der Waals surface area (Å²) in [7, 11) is 2.11. The molecule has 1 aliphatic rings. The molecule has 0 aliphatic carbocycles. The Bertz CT molecular complexity index is 383. The molecule has 2 heterocycles. The van der Waals surface area contributed by atoms with Gasteiger partial charge in [-0.3, -0.25) is 9.69 Å². The van der Waals surface area contributed by atoms with Crippen LogP contribution in [-0.2, 0) is 0 Å². The van der Waals surface area contributed by atoms with Crippen LogP contribution in [0.1, 0.15) is 30.3 Å². The molecule has 0 spiro atoms. The van der Waals surface area contributed by atoms with E-state index in [9.17, 15) is 4.79 Å². The fourth-order valence-electron chi connectivity index (χ4n) is 2.19. The number of hydrogen-bond acceptors (Lipinski definition) is 2. The van der Waals surface area contributed by atoms with Gasteiger partial charge in [-0.05, 0) is 33.4 Å². The number of rotatable bonds is 1. The minimum Gasteiger partial charge on any atom is -0.361 e. The lowest BCUT2D eigenvalue weighted by molar-refractivity contribution is 0.311. The molecule has 76 valence electrons. The summed E-state index contributed by atoms with van der Waals surface area (Å²) < 4.78 is 0. The number of hydrogen-bond donors (Lipinski definition) is 1. The Hall–Kier alpha value is -1.09. The molecule has 1 aliphatic heterocycles. The van der Waals surface area contributed by atoms with Crippen molar-refractivity contribution in [3.8, 4) is 0 Å². The molecule has 1 unspecified atom stereocenters. The molecule has 3 heteroatoms. The topological polar surface area (TPSA) is 36.1 Å². The first-order chi connectivity index (χ1) is 6.66. The minimum atomic E-state index is 0.108. The van der Waals surface area contributed by atoms with Gasteiger partial charge < -0.3 is 4.98 Å². The van der Waals surface area contributed by atoms with Crippen LogP contribution in [0.4, 0.5) is 0 Å². The predicted octanol–water partition coefficient (Wildman–Crippen LogP) is 1.45. The molecule has 0 bridgehead atoms. The van der Waals surface area contributed by atoms with Crippen LogP contribution in [0.2, 0.25) is 0 Å². The molecule has 1 aromatic heterocycles. The van der Waals surface area contributed by atoms with Gasteiger partial charge in [0.05, 0.1) is 0 Å². The first-order valence-electron chi connectivity index (χ1n) is 5.08. The zero-order valence-corrected chi connectivity index (χ0v) is 8.71. The molecule has 1 saturated heterocycles. The Morgan fingerprint density at radius 1 is 1.50 bits per heavy atom. The molecule has 1 aromatic rings. The van der Waals surface area contributed by atoms with Crippen molar-refractivity contribution in [2.24, 2.45) is 0 Å². The maximum atomic E-state index is 11.3. The maximum absolute atomic E-state index is 11.3. The van der Waals surface area contributed by atoms with Gasteiger partial charge in [0.25, 0.3) is 0 Å². The second-order valence-electron chi connectivity index (χ2n) is 4.09. The van der Waals surface area contributed by atoms with Crippen LogP contribution in [0, 0.1) is 6.92 Å². The maximum Gasteiger partial charge on any atom is 0.182 e. The monoisotopic (exact) mass is 192 g/mol. The Morgan fingerprint density at radius 2 is 2.29 bits per heavy atom. The van der Waals surface area contributed by atoms with E-state index in [2.05, 4.69) is 16.9 Å². The highest BCUT2D eigenvalue weighted by molar-refractivity contribution is 5.14. The fourth-order valence-corrected chi connectivity index (χ4v) is 2.19. The minimum absolute atomic E-state index is 0.108. The summed E-state index contributed by atoms with van der Waals surface area (Å²) in [5.41, 5.74) is 2.12. The molecule has 2 rings (SSSR count). The van der Waals surface area contributed by atoms with E-state index in [1.807, 2.05) is 6.92 Å². The third-order valence-corrected chi connectivity index (χ3v) is 2.88. The lowest BCUT2D eigenvalue weighted by atomic mass is 10.1. The van der Waals surface area contributed by atoms with E-state index in [1.165, 1.54) is 6.42 Å². The Kier molecular flexibility index (Phi) is 2.42. The number of likely N-dealkylation sites (tertiary alicyclic amines) is 1. The van der Waals surface area contributed by atoms with Gasteiger partial charge in [-0.2, -0.15) is 0 Å². The highest BCUT2D eigenvalue weighted by Gasteiger charge is 2.23. The molecule has 1 atom stereocenters. The Morgan fingerprint density at radius 3 is 2.86 bits per heavy atom. The molecule has 0 amide bonds. The smallest absolute Gasteiger partial charge is 0.182 e. The second kappa shape index (κ2) is 3.58. The Balaban J connectivity index is 2.36. The number of pyridine rings is 1. The van der Waals surface area contributed by atoms with Crippen molar-refractivity contribution >= 4 is 0 Å². The lowest BCUT2D eigenvalue weighted by Crippen LogP contribution is -2.20. The highest BCUT2D eigenvalue weighted by atomic mass is 16.1. The van der Waals surface area contributed by atoms with Gasteiger partial charge in [-0.15, -0.1) is 0 Å². The fraction of sp³-hybridized carbons (Fsp3) is 0.545. The molecule has 1 fully saturated rings. The van der Waals surface area contributed by atoms with E-state index in [1.54, 1.807) is 12.1 Å². The van der Waals surface area contributed by atoms with Crippen molar-refractivity contribution in [3.63, 3.8) is 0 Å². The van der Waals surface area contributed by atoms with E-state index < -0.39 is 0 Å². The molecule has 14 heavy (non-hydrogen) atoms. The standard InChI is InChI=1S/C11H16N2O/c1-8-6-9(14)7-10(12-8)11-4-3-5-13(11)2/h6-7,11H,3-5H2,1-2H3,(H,12,14). The van der Waals surface area contributed by atoms with Crippen molar-refractivity contribution < 1.29 is 0 Å². The van der Waals surface area contributed by atoms with Crippen LogP contribution < -0.4 is 5.43 Å². The van der Waals surface area contributed by atoms with Crippen LogP contribution in [0.5, 0.6) is 0 Å². The van der Waals surface area contributed by atoms with Gasteiger partial charge >= 0.3 is 0 Å². The first-order valence-corrected chi connectivity index (χ1v) is 5.08. The molecular weight excluding hydrogens is 176 g/mol. The van der Waals surface area contributed by atoms with Gasteiger partial charge in [0.1, 0.15) is 0 Å². The summed E-state index contributed by atoms with van der Waals surface area (Å²) in [6.07, 6.45) is 2.37. The highest BCUT2D eigenvalue weighted by Crippen LogP contribution is 2.28. The number of nitrogens with zero attached hydrogens (tertiary/aromatic N) is 1. The predicted molar refractivity (Wildman–Crippen MR) is 56.4 cm³/mol. The van der Waals surface area contributed by atoms with Crippen molar-refractivity contribution in [1.82, 2.24) is 9.88 Å². The lowest BCUT2D eigenvalue weighted by Gasteiger charge is -2.19. The van der Waals surface area contributed by atoms with E-state index in [0.717, 1.165) is 24.4 Å². The molecule has 0 saturated carbocycles. The zero-order chi connectivity index (χ0) is 10.1. The number of nitrogens with one attached hydrogen (secondary N) is 1. The van der Waals surface area contributed by atoms with Crippen molar-refractivity contribution in [3.05, 3.63) is 33.7 Å². The number of H-pyrrole nitrogens is 1. The summed E-state index contributed by atoms with van der Waals surface area (Å²) in [4.78, 5) is 16.9. The van der Waals surface area contributed by atoms with Gasteiger partial charge in [-0.1, -0.05) is 0 Å². The van der Waals surface area contributed by atoms with E-state index in [4.69, 9.17) is 0 Å². The molecular formula is C11H16N2O. The largest absolute Gasteiger partial charge is 0.361 e. The Labute approximate surface area is 83.8 Å². The summed E-state index contributed by atoms with van der Waals surface area (Å²) in [6, 6.07) is 3.76. The molecule has 3 nitrogen and oxygen atoms in total. The van der Waals surface area contributed by atoms with Gasteiger partial charge in [0, 0.05) is 29.6 Å². The average molecular weight is 192 g/mol. The molecule has 0 aromatic carbocycles. The van der Waals surface area contributed by atoms with Crippen LogP contribution in [0.3, 0.4) is 0 Å². The van der Waals surface area contributed by atoms with Crippen LogP contribution >= 0.6 is 0 Å². The van der Waals surface area contributed by atoms with E-state index in [-0.39, 0.29) is 5.43 Å². The van der Waals surface area contributed by atoms with Crippen molar-refractivity contribution in [2.75, 3.05) is 13.6 Å². The van der Waals surface area contributed by atoms with Crippen LogP contribution in [0.15, 0.2) is 16.9 Å². The van der Waals surface area contributed by atoms with Crippen molar-refractivity contribution in [1.29, 1.82) is 0 Å². The van der Waals surface area contributed by atoms with Crippen LogP contribution in [-0.4, -0.2) is 23.5 Å². The number of aryl methyl sites for hydroxylation is 1. The summed E-state index contributed by atoms with van der Waals surface area (Å²) in [5.74, 6) is 0. The second-order valence-corrected chi connectivity index (χ2v) is 4.09. The van der Waals surface area contributed by atoms with E-state index in [0.29, 0.717) is 6.04 Å². The SMILES string of the molecule is Cc1cc(=O)cc(C2CCCN2C)[nH]1. The van der Waals surface area contributed by atoms with Gasteiger partial charge in [0.2, 0.25) is 0 Å². The third kappa shape index (κ3) is 1.73. The molecule has 0 radical (unpaired) electrons. The van der Waals surface area contributed by atoms with Crippen LogP contribution in [0.25, 0.3) is 0 Å². The quantitative estimate of drug-likeness (QED) is 0.731. The zero-order valence-electron chi connectivity index (χ0n) is 8.71. The number of aromatic amines is 1. The summed E-state index contributed by atoms with van der Waals surface area (Å²) >= 11 is 0. The van der Waals surface area contributed by atoms with Gasteiger partial charge in [-0.25, -0.2) is 0 Å².